The van der Waals surface area contributed by atoms with Crippen molar-refractivity contribution in [1.29, 1.82) is 0 Å². The van der Waals surface area contributed by atoms with E-state index in [1.807, 2.05) is 11.4 Å². The number of aromatic nitrogens is 1. The van der Waals surface area contributed by atoms with E-state index in [9.17, 15) is 9.59 Å². The molecule has 2 aromatic rings. The van der Waals surface area contributed by atoms with E-state index in [4.69, 9.17) is 9.84 Å². The molecule has 1 aliphatic heterocycles. The number of hydrogen-bond donors (Lipinski definition) is 2. The van der Waals surface area contributed by atoms with E-state index in [1.165, 1.54) is 53.9 Å². The lowest BCUT2D eigenvalue weighted by molar-refractivity contribution is 0.115. The van der Waals surface area contributed by atoms with Gasteiger partial charge in [-0.05, 0) is 36.5 Å². The minimum atomic E-state index is -0.950. The maximum Gasteiger partial charge on any atom is 0.407 e. The van der Waals surface area contributed by atoms with E-state index in [2.05, 4.69) is 22.4 Å². The standard InChI is InChI=1S/C22H28N4O4S/c1-30-19-8-7-16(15-5-3-2-4-6-15)13-17(19)18-14-31-20(23-18)24-21(27)25-9-11-26(12-10-25)22(28)29/h7-8,13-15H,2-6,9-12H2,1H3,(H,28,29)(H,23,24,27). The Balaban J connectivity index is 1.45. The largest absolute Gasteiger partial charge is 0.496 e. The summed E-state index contributed by atoms with van der Waals surface area (Å²) < 4.78 is 5.57. The summed E-state index contributed by atoms with van der Waals surface area (Å²) in [6, 6.07) is 6.10. The molecule has 4 rings (SSSR count). The Morgan fingerprint density at radius 2 is 1.84 bits per heavy atom. The molecule has 1 aromatic carbocycles. The number of methoxy groups -OCH3 is 1. The van der Waals surface area contributed by atoms with Crippen LogP contribution in [0.5, 0.6) is 5.75 Å². The molecule has 166 valence electrons. The van der Waals surface area contributed by atoms with Crippen molar-refractivity contribution in [2.24, 2.45) is 0 Å². The molecule has 0 atom stereocenters. The first-order chi connectivity index (χ1) is 15.0. The Morgan fingerprint density at radius 3 is 2.52 bits per heavy atom. The highest BCUT2D eigenvalue weighted by atomic mass is 32.1. The SMILES string of the molecule is COc1ccc(C2CCCCC2)cc1-c1csc(NC(=O)N2CCN(C(=O)O)CC2)n1. The molecule has 8 nitrogen and oxygen atoms in total. The minimum absolute atomic E-state index is 0.256. The maximum absolute atomic E-state index is 12.6. The molecule has 9 heteroatoms. The van der Waals surface area contributed by atoms with E-state index < -0.39 is 6.09 Å². The number of urea groups is 1. The normalized spacial score (nSPS) is 17.5. The van der Waals surface area contributed by atoms with Gasteiger partial charge in [-0.3, -0.25) is 5.32 Å². The number of rotatable bonds is 4. The third kappa shape index (κ3) is 4.92. The number of nitrogens with zero attached hydrogens (tertiary/aromatic N) is 3. The Bertz CT molecular complexity index is 933. The first-order valence-electron chi connectivity index (χ1n) is 10.7. The number of ether oxygens (including phenoxy) is 1. The second-order valence-electron chi connectivity index (χ2n) is 8.02. The molecule has 0 spiro atoms. The van der Waals surface area contributed by atoms with Crippen molar-refractivity contribution in [3.8, 4) is 17.0 Å². The van der Waals surface area contributed by atoms with Crippen LogP contribution in [0, 0.1) is 0 Å². The third-order valence-corrected chi connectivity index (χ3v) is 6.89. The zero-order valence-electron chi connectivity index (χ0n) is 17.7. The first kappa shape index (κ1) is 21.4. The molecule has 2 fully saturated rings. The highest BCUT2D eigenvalue weighted by molar-refractivity contribution is 7.14. The molecule has 1 aliphatic carbocycles. The van der Waals surface area contributed by atoms with Crippen LogP contribution in [0.1, 0.15) is 43.6 Å². The summed E-state index contributed by atoms with van der Waals surface area (Å²) in [4.78, 5) is 31.2. The second kappa shape index (κ2) is 9.55. The van der Waals surface area contributed by atoms with Crippen molar-refractivity contribution in [2.45, 2.75) is 38.0 Å². The number of carbonyl (C=O) groups excluding carboxylic acids is 1. The molecule has 2 heterocycles. The summed E-state index contributed by atoms with van der Waals surface area (Å²) >= 11 is 1.37. The van der Waals surface area contributed by atoms with Crippen LogP contribution in [0.3, 0.4) is 0 Å². The third-order valence-electron chi connectivity index (χ3n) is 6.13. The lowest BCUT2D eigenvalue weighted by atomic mass is 9.83. The fraction of sp³-hybridized carbons (Fsp3) is 0.500. The molecule has 0 radical (unpaired) electrons. The van der Waals surface area contributed by atoms with Gasteiger partial charge in [0.25, 0.3) is 0 Å². The number of amides is 3. The lowest BCUT2D eigenvalue weighted by Crippen LogP contribution is -2.51. The Morgan fingerprint density at radius 1 is 1.13 bits per heavy atom. The molecular formula is C22H28N4O4S. The number of nitrogens with one attached hydrogen (secondary N) is 1. The van der Waals surface area contributed by atoms with Gasteiger partial charge in [0.05, 0.1) is 12.8 Å². The van der Waals surface area contributed by atoms with Crippen LogP contribution < -0.4 is 10.1 Å². The van der Waals surface area contributed by atoms with Gasteiger partial charge in [-0.15, -0.1) is 11.3 Å². The molecule has 2 N–H and O–H groups in total. The summed E-state index contributed by atoms with van der Waals surface area (Å²) in [5.41, 5.74) is 3.05. The number of carbonyl (C=O) groups is 2. The summed E-state index contributed by atoms with van der Waals surface area (Å²) in [5, 5.41) is 14.3. The Hall–Kier alpha value is -2.81. The number of anilines is 1. The molecule has 2 aliphatic rings. The van der Waals surface area contributed by atoms with Crippen LogP contribution >= 0.6 is 11.3 Å². The lowest BCUT2D eigenvalue weighted by Gasteiger charge is -2.32. The number of hydrogen-bond acceptors (Lipinski definition) is 5. The molecule has 1 saturated carbocycles. The summed E-state index contributed by atoms with van der Waals surface area (Å²) in [7, 11) is 1.66. The smallest absolute Gasteiger partial charge is 0.407 e. The molecule has 0 bridgehead atoms. The van der Waals surface area contributed by atoms with Crippen LogP contribution in [0.15, 0.2) is 23.6 Å². The van der Waals surface area contributed by atoms with Crippen molar-refractivity contribution < 1.29 is 19.4 Å². The number of benzene rings is 1. The molecule has 31 heavy (non-hydrogen) atoms. The summed E-state index contributed by atoms with van der Waals surface area (Å²) in [6.45, 7) is 1.37. The second-order valence-corrected chi connectivity index (χ2v) is 8.88. The summed E-state index contributed by atoms with van der Waals surface area (Å²) in [6.07, 6.45) is 5.37. The average Bonchev–Trinajstić information content (AvgIpc) is 3.27. The van der Waals surface area contributed by atoms with Crippen molar-refractivity contribution in [3.05, 3.63) is 29.1 Å². The van der Waals surface area contributed by atoms with Gasteiger partial charge in [0.15, 0.2) is 5.13 Å². The predicted molar refractivity (Wildman–Crippen MR) is 120 cm³/mol. The van der Waals surface area contributed by atoms with Crippen molar-refractivity contribution in [2.75, 3.05) is 38.6 Å². The van der Waals surface area contributed by atoms with Crippen molar-refractivity contribution in [1.82, 2.24) is 14.8 Å². The average molecular weight is 445 g/mol. The van der Waals surface area contributed by atoms with Crippen LogP contribution in [0.2, 0.25) is 0 Å². The topological polar surface area (TPSA) is 95.0 Å². The number of piperazine rings is 1. The van der Waals surface area contributed by atoms with E-state index in [-0.39, 0.29) is 6.03 Å². The number of thiazole rings is 1. The van der Waals surface area contributed by atoms with E-state index >= 15 is 0 Å². The zero-order valence-corrected chi connectivity index (χ0v) is 18.5. The van der Waals surface area contributed by atoms with Gasteiger partial charge in [0, 0.05) is 37.1 Å². The van der Waals surface area contributed by atoms with Gasteiger partial charge in [-0.25, -0.2) is 14.6 Å². The monoisotopic (exact) mass is 444 g/mol. The Labute approximate surface area is 185 Å². The van der Waals surface area contributed by atoms with E-state index in [0.717, 1.165) is 17.0 Å². The van der Waals surface area contributed by atoms with Gasteiger partial charge < -0.3 is 19.6 Å². The van der Waals surface area contributed by atoms with Crippen LogP contribution in [0.4, 0.5) is 14.7 Å². The van der Waals surface area contributed by atoms with Crippen molar-refractivity contribution >= 4 is 28.6 Å². The van der Waals surface area contributed by atoms with Crippen molar-refractivity contribution in [3.63, 3.8) is 0 Å². The molecule has 1 saturated heterocycles. The first-order valence-corrected chi connectivity index (χ1v) is 11.6. The predicted octanol–water partition coefficient (Wildman–Crippen LogP) is 4.69. The summed E-state index contributed by atoms with van der Waals surface area (Å²) in [5.74, 6) is 1.35. The molecule has 3 amide bonds. The highest BCUT2D eigenvalue weighted by Crippen LogP contribution is 2.38. The van der Waals surface area contributed by atoms with Gasteiger partial charge in [-0.1, -0.05) is 25.3 Å². The van der Waals surface area contributed by atoms with Gasteiger partial charge in [0.1, 0.15) is 5.75 Å². The van der Waals surface area contributed by atoms with E-state index in [1.54, 1.807) is 12.0 Å². The van der Waals surface area contributed by atoms with Crippen LogP contribution in [0.25, 0.3) is 11.3 Å². The molecule has 1 aromatic heterocycles. The van der Waals surface area contributed by atoms with Gasteiger partial charge in [-0.2, -0.15) is 0 Å². The van der Waals surface area contributed by atoms with Gasteiger partial charge >= 0.3 is 12.1 Å². The molecule has 0 unspecified atom stereocenters. The zero-order chi connectivity index (χ0) is 21.8. The van der Waals surface area contributed by atoms with Crippen LogP contribution in [-0.2, 0) is 0 Å². The minimum Gasteiger partial charge on any atom is -0.496 e. The number of carboxylic acid groups (broad SMARTS) is 1. The molecular weight excluding hydrogens is 416 g/mol. The fourth-order valence-corrected chi connectivity index (χ4v) is 5.04. The van der Waals surface area contributed by atoms with Gasteiger partial charge in [0.2, 0.25) is 0 Å². The van der Waals surface area contributed by atoms with E-state index in [0.29, 0.717) is 37.2 Å². The fourth-order valence-electron chi connectivity index (χ4n) is 4.34. The van der Waals surface area contributed by atoms with Crippen LogP contribution in [-0.4, -0.2) is 65.3 Å². The highest BCUT2D eigenvalue weighted by Gasteiger charge is 2.24. The quantitative estimate of drug-likeness (QED) is 0.713. The Kier molecular flexibility index (Phi) is 6.60. The maximum atomic E-state index is 12.6.